The predicted octanol–water partition coefficient (Wildman–Crippen LogP) is 3.81. The molecule has 0 aliphatic rings. The summed E-state index contributed by atoms with van der Waals surface area (Å²) in [6.45, 7) is 2.04. The van der Waals surface area contributed by atoms with Gasteiger partial charge < -0.3 is 5.32 Å². The van der Waals surface area contributed by atoms with E-state index in [2.05, 4.69) is 15.3 Å². The molecule has 1 N–H and O–H groups in total. The molecule has 0 fully saturated rings. The highest BCUT2D eigenvalue weighted by atomic mass is 19.1. The van der Waals surface area contributed by atoms with Crippen LogP contribution in [0.25, 0.3) is 11.0 Å². The Labute approximate surface area is 122 Å². The molecule has 4 heteroatoms. The van der Waals surface area contributed by atoms with Gasteiger partial charge in [-0.25, -0.2) is 4.39 Å². The number of anilines is 1. The van der Waals surface area contributed by atoms with Crippen molar-refractivity contribution in [1.29, 1.82) is 0 Å². The van der Waals surface area contributed by atoms with Crippen LogP contribution in [0.1, 0.15) is 12.5 Å². The van der Waals surface area contributed by atoms with Gasteiger partial charge in [0.05, 0.1) is 11.0 Å². The molecule has 21 heavy (non-hydrogen) atoms. The Morgan fingerprint density at radius 3 is 2.62 bits per heavy atom. The summed E-state index contributed by atoms with van der Waals surface area (Å²) in [5.74, 6) is -0.157. The van der Waals surface area contributed by atoms with E-state index in [9.17, 15) is 4.39 Å². The normalized spacial score (nSPS) is 12.3. The van der Waals surface area contributed by atoms with Crippen molar-refractivity contribution in [3.05, 3.63) is 66.2 Å². The first-order valence-corrected chi connectivity index (χ1v) is 6.93. The molecule has 3 nitrogen and oxygen atoms in total. The first-order chi connectivity index (χ1) is 10.2. The molecule has 0 aliphatic carbocycles. The summed E-state index contributed by atoms with van der Waals surface area (Å²) in [5, 5.41) is 3.38. The van der Waals surface area contributed by atoms with Gasteiger partial charge in [0, 0.05) is 24.1 Å². The number of benzene rings is 2. The van der Waals surface area contributed by atoms with E-state index in [0.29, 0.717) is 6.42 Å². The number of fused-ring (bicyclic) bond motifs is 1. The van der Waals surface area contributed by atoms with E-state index in [1.54, 1.807) is 18.5 Å². The van der Waals surface area contributed by atoms with Crippen molar-refractivity contribution < 1.29 is 4.39 Å². The first-order valence-electron chi connectivity index (χ1n) is 6.93. The van der Waals surface area contributed by atoms with Crippen LogP contribution in [0.4, 0.5) is 10.1 Å². The van der Waals surface area contributed by atoms with Gasteiger partial charge in [-0.05, 0) is 43.2 Å². The largest absolute Gasteiger partial charge is 0.382 e. The smallest absolute Gasteiger partial charge is 0.126 e. The zero-order chi connectivity index (χ0) is 14.7. The van der Waals surface area contributed by atoms with Gasteiger partial charge >= 0.3 is 0 Å². The van der Waals surface area contributed by atoms with Crippen molar-refractivity contribution in [1.82, 2.24) is 9.97 Å². The molecule has 106 valence electrons. The van der Waals surface area contributed by atoms with Crippen molar-refractivity contribution in [3.63, 3.8) is 0 Å². The number of nitrogens with zero attached hydrogens (tertiary/aromatic N) is 2. The van der Waals surface area contributed by atoms with Crippen LogP contribution in [-0.2, 0) is 6.42 Å². The third-order valence-electron chi connectivity index (χ3n) is 3.37. The molecular formula is C17H16FN3. The van der Waals surface area contributed by atoms with E-state index in [0.717, 1.165) is 22.3 Å². The number of halogens is 1. The third kappa shape index (κ3) is 3.16. The molecule has 3 rings (SSSR count). The van der Waals surface area contributed by atoms with Crippen molar-refractivity contribution in [2.75, 3.05) is 5.32 Å². The van der Waals surface area contributed by atoms with E-state index in [4.69, 9.17) is 0 Å². The van der Waals surface area contributed by atoms with Crippen molar-refractivity contribution >= 4 is 16.7 Å². The van der Waals surface area contributed by atoms with Crippen LogP contribution >= 0.6 is 0 Å². The van der Waals surface area contributed by atoms with Crippen LogP contribution in [0.5, 0.6) is 0 Å². The summed E-state index contributed by atoms with van der Waals surface area (Å²) in [6, 6.07) is 12.9. The van der Waals surface area contributed by atoms with Crippen LogP contribution in [0, 0.1) is 5.82 Å². The summed E-state index contributed by atoms with van der Waals surface area (Å²) < 4.78 is 13.7. The Bertz CT molecular complexity index is 758. The second-order valence-electron chi connectivity index (χ2n) is 5.10. The van der Waals surface area contributed by atoms with Crippen molar-refractivity contribution in [2.45, 2.75) is 19.4 Å². The number of rotatable bonds is 4. The van der Waals surface area contributed by atoms with Gasteiger partial charge in [0.15, 0.2) is 0 Å². The van der Waals surface area contributed by atoms with E-state index in [1.165, 1.54) is 6.07 Å². The van der Waals surface area contributed by atoms with Crippen molar-refractivity contribution in [3.8, 4) is 0 Å². The lowest BCUT2D eigenvalue weighted by Crippen LogP contribution is -2.18. The lowest BCUT2D eigenvalue weighted by molar-refractivity contribution is 0.601. The molecule has 2 aromatic carbocycles. The zero-order valence-corrected chi connectivity index (χ0v) is 11.8. The molecule has 0 spiro atoms. The third-order valence-corrected chi connectivity index (χ3v) is 3.37. The fourth-order valence-electron chi connectivity index (χ4n) is 2.38. The summed E-state index contributed by atoms with van der Waals surface area (Å²) in [7, 11) is 0. The highest BCUT2D eigenvalue weighted by Crippen LogP contribution is 2.17. The van der Waals surface area contributed by atoms with Gasteiger partial charge in [-0.3, -0.25) is 9.97 Å². The zero-order valence-electron chi connectivity index (χ0n) is 11.8. The van der Waals surface area contributed by atoms with Gasteiger partial charge in [0.25, 0.3) is 0 Å². The standard InChI is InChI=1S/C17H16FN3/c1-12(10-13-4-2-3-5-15(13)18)21-14-6-7-16-17(11-14)20-9-8-19-16/h2-9,11-12,21H,10H2,1H3. The molecular weight excluding hydrogens is 265 g/mol. The molecule has 0 saturated heterocycles. The van der Waals surface area contributed by atoms with E-state index < -0.39 is 0 Å². The highest BCUT2D eigenvalue weighted by molar-refractivity contribution is 5.78. The second kappa shape index (κ2) is 5.87. The average molecular weight is 281 g/mol. The van der Waals surface area contributed by atoms with Crippen molar-refractivity contribution in [2.24, 2.45) is 0 Å². The Kier molecular flexibility index (Phi) is 3.77. The number of nitrogens with one attached hydrogen (secondary N) is 1. The molecule has 0 bridgehead atoms. The number of hydrogen-bond donors (Lipinski definition) is 1. The van der Waals surface area contributed by atoms with Gasteiger partial charge in [-0.1, -0.05) is 18.2 Å². The minimum atomic E-state index is -0.157. The quantitative estimate of drug-likeness (QED) is 0.790. The Balaban J connectivity index is 1.74. The Morgan fingerprint density at radius 2 is 1.81 bits per heavy atom. The maximum Gasteiger partial charge on any atom is 0.126 e. The molecule has 1 heterocycles. The Hall–Kier alpha value is -2.49. The van der Waals surface area contributed by atoms with Gasteiger partial charge in [-0.2, -0.15) is 0 Å². The minimum Gasteiger partial charge on any atom is -0.382 e. The molecule has 1 atom stereocenters. The predicted molar refractivity (Wildman–Crippen MR) is 82.7 cm³/mol. The first kappa shape index (κ1) is 13.5. The monoisotopic (exact) mass is 281 g/mol. The summed E-state index contributed by atoms with van der Waals surface area (Å²) in [6.07, 6.45) is 3.98. The highest BCUT2D eigenvalue weighted by Gasteiger charge is 2.08. The molecule has 3 aromatic rings. The van der Waals surface area contributed by atoms with Gasteiger partial charge in [0.1, 0.15) is 5.82 Å². The fourth-order valence-corrected chi connectivity index (χ4v) is 2.38. The van der Waals surface area contributed by atoms with Crippen LogP contribution in [0.2, 0.25) is 0 Å². The van der Waals surface area contributed by atoms with E-state index >= 15 is 0 Å². The fraction of sp³-hybridized carbons (Fsp3) is 0.176. The van der Waals surface area contributed by atoms with Crippen LogP contribution < -0.4 is 5.32 Å². The molecule has 1 aromatic heterocycles. The average Bonchev–Trinajstić information content (AvgIpc) is 2.49. The van der Waals surface area contributed by atoms with Crippen LogP contribution in [0.3, 0.4) is 0 Å². The molecule has 0 saturated carbocycles. The SMILES string of the molecule is CC(Cc1ccccc1F)Nc1ccc2nccnc2c1. The number of aromatic nitrogens is 2. The number of hydrogen-bond acceptors (Lipinski definition) is 3. The van der Waals surface area contributed by atoms with Crippen LogP contribution in [-0.4, -0.2) is 16.0 Å². The summed E-state index contributed by atoms with van der Waals surface area (Å²) >= 11 is 0. The molecule has 0 amide bonds. The minimum absolute atomic E-state index is 0.121. The summed E-state index contributed by atoms with van der Waals surface area (Å²) in [4.78, 5) is 8.53. The lowest BCUT2D eigenvalue weighted by atomic mass is 10.1. The maximum atomic E-state index is 13.7. The van der Waals surface area contributed by atoms with Gasteiger partial charge in [-0.15, -0.1) is 0 Å². The second-order valence-corrected chi connectivity index (χ2v) is 5.10. The topological polar surface area (TPSA) is 37.8 Å². The Morgan fingerprint density at radius 1 is 1.05 bits per heavy atom. The van der Waals surface area contributed by atoms with E-state index in [-0.39, 0.29) is 11.9 Å². The maximum absolute atomic E-state index is 13.7. The lowest BCUT2D eigenvalue weighted by Gasteiger charge is -2.16. The van der Waals surface area contributed by atoms with E-state index in [1.807, 2.05) is 37.3 Å². The molecule has 0 aliphatic heterocycles. The molecule has 1 unspecified atom stereocenters. The molecule has 0 radical (unpaired) electrons. The summed E-state index contributed by atoms with van der Waals surface area (Å²) in [5.41, 5.74) is 3.40. The van der Waals surface area contributed by atoms with Crippen LogP contribution in [0.15, 0.2) is 54.9 Å². The van der Waals surface area contributed by atoms with Gasteiger partial charge in [0.2, 0.25) is 0 Å².